The van der Waals surface area contributed by atoms with Crippen LogP contribution in [-0.2, 0) is 16.0 Å². The molecule has 0 saturated carbocycles. The molecule has 0 unspecified atom stereocenters. The minimum absolute atomic E-state index is 0.157. The quantitative estimate of drug-likeness (QED) is 0.818. The summed E-state index contributed by atoms with van der Waals surface area (Å²) in [6.07, 6.45) is 0.471. The Hall–Kier alpha value is -2.69. The number of carbonyl (C=O) groups excluding carboxylic acids is 2. The number of anilines is 1. The van der Waals surface area contributed by atoms with Gasteiger partial charge in [-0.2, -0.15) is 0 Å². The number of carbonyl (C=O) groups is 2. The first-order valence-corrected chi connectivity index (χ1v) is 7.83. The maximum absolute atomic E-state index is 13.6. The molecule has 4 nitrogen and oxygen atoms in total. The Bertz CT molecular complexity index is 743. The summed E-state index contributed by atoms with van der Waals surface area (Å²) in [5.41, 5.74) is 2.13. The van der Waals surface area contributed by atoms with Crippen LogP contribution in [0.2, 0.25) is 0 Å². The molecule has 0 aliphatic heterocycles. The van der Waals surface area contributed by atoms with E-state index in [4.69, 9.17) is 4.74 Å². The molecule has 1 amide bonds. The minimum atomic E-state index is -0.419. The maximum Gasteiger partial charge on any atom is 0.338 e. The molecule has 0 saturated heterocycles. The molecule has 0 atom stereocenters. The van der Waals surface area contributed by atoms with Crippen molar-refractivity contribution in [2.45, 2.75) is 26.7 Å². The number of amides is 1. The number of hydrogen-bond acceptors (Lipinski definition) is 3. The Morgan fingerprint density at radius 3 is 2.58 bits per heavy atom. The van der Waals surface area contributed by atoms with Gasteiger partial charge < -0.3 is 10.1 Å². The molecule has 0 aliphatic carbocycles. The lowest BCUT2D eigenvalue weighted by Crippen LogP contribution is -2.15. The van der Waals surface area contributed by atoms with Gasteiger partial charge in [0.15, 0.2) is 0 Å². The molecular formula is C19H20FNO3. The molecular weight excluding hydrogens is 309 g/mol. The van der Waals surface area contributed by atoms with Crippen molar-refractivity contribution in [2.24, 2.45) is 0 Å². The molecule has 2 rings (SSSR count). The van der Waals surface area contributed by atoms with Gasteiger partial charge in [0, 0.05) is 12.1 Å². The molecule has 126 valence electrons. The van der Waals surface area contributed by atoms with Crippen LogP contribution in [0.25, 0.3) is 0 Å². The third-order valence-corrected chi connectivity index (χ3v) is 3.68. The van der Waals surface area contributed by atoms with Crippen molar-refractivity contribution in [3.63, 3.8) is 0 Å². The van der Waals surface area contributed by atoms with Gasteiger partial charge in [0.05, 0.1) is 12.2 Å². The molecule has 1 N–H and O–H groups in total. The smallest absolute Gasteiger partial charge is 0.338 e. The number of rotatable bonds is 6. The van der Waals surface area contributed by atoms with E-state index < -0.39 is 5.97 Å². The van der Waals surface area contributed by atoms with Gasteiger partial charge >= 0.3 is 5.97 Å². The summed E-state index contributed by atoms with van der Waals surface area (Å²) in [5, 5.41) is 2.77. The first-order chi connectivity index (χ1) is 11.5. The molecule has 5 heteroatoms. The highest BCUT2D eigenvalue weighted by Crippen LogP contribution is 2.20. The van der Waals surface area contributed by atoms with Crippen molar-refractivity contribution in [3.05, 3.63) is 65.0 Å². The zero-order valence-corrected chi connectivity index (χ0v) is 13.8. The van der Waals surface area contributed by atoms with Gasteiger partial charge in [0.2, 0.25) is 5.91 Å². The van der Waals surface area contributed by atoms with Crippen molar-refractivity contribution in [2.75, 3.05) is 11.9 Å². The van der Waals surface area contributed by atoms with Crippen LogP contribution in [0.1, 0.15) is 34.8 Å². The summed E-state index contributed by atoms with van der Waals surface area (Å²) in [6.45, 7) is 3.78. The minimum Gasteiger partial charge on any atom is -0.462 e. The highest BCUT2D eigenvalue weighted by molar-refractivity contribution is 5.96. The van der Waals surface area contributed by atoms with Gasteiger partial charge in [0.1, 0.15) is 5.82 Å². The Morgan fingerprint density at radius 1 is 1.12 bits per heavy atom. The second-order valence-electron chi connectivity index (χ2n) is 5.34. The van der Waals surface area contributed by atoms with E-state index in [0.29, 0.717) is 28.8 Å². The van der Waals surface area contributed by atoms with E-state index in [1.807, 2.05) is 0 Å². The van der Waals surface area contributed by atoms with Crippen LogP contribution in [0.15, 0.2) is 42.5 Å². The van der Waals surface area contributed by atoms with Gasteiger partial charge in [0.25, 0.3) is 0 Å². The maximum atomic E-state index is 13.6. The number of ether oxygens (including phenoxy) is 1. The molecule has 2 aromatic rings. The van der Waals surface area contributed by atoms with Gasteiger partial charge in [-0.1, -0.05) is 24.3 Å². The molecule has 24 heavy (non-hydrogen) atoms. The Morgan fingerprint density at radius 2 is 1.88 bits per heavy atom. The predicted octanol–water partition coefficient (Wildman–Crippen LogP) is 3.88. The zero-order chi connectivity index (χ0) is 17.5. The van der Waals surface area contributed by atoms with Crippen molar-refractivity contribution in [3.8, 4) is 0 Å². The van der Waals surface area contributed by atoms with Crippen molar-refractivity contribution >= 4 is 17.6 Å². The molecule has 0 spiro atoms. The average molecular weight is 329 g/mol. The molecule has 0 aromatic heterocycles. The lowest BCUT2D eigenvalue weighted by Gasteiger charge is -2.12. The fraction of sp³-hybridized carbons (Fsp3) is 0.263. The van der Waals surface area contributed by atoms with Crippen molar-refractivity contribution < 1.29 is 18.7 Å². The van der Waals surface area contributed by atoms with E-state index in [1.54, 1.807) is 50.2 Å². The fourth-order valence-electron chi connectivity index (χ4n) is 2.36. The summed E-state index contributed by atoms with van der Waals surface area (Å²) in [5.74, 6) is -0.967. The van der Waals surface area contributed by atoms with Crippen LogP contribution >= 0.6 is 0 Å². The lowest BCUT2D eigenvalue weighted by atomic mass is 10.1. The third-order valence-electron chi connectivity index (χ3n) is 3.68. The fourth-order valence-corrected chi connectivity index (χ4v) is 2.36. The molecule has 0 radical (unpaired) electrons. The topological polar surface area (TPSA) is 55.4 Å². The second-order valence-corrected chi connectivity index (χ2v) is 5.34. The molecule has 0 heterocycles. The predicted molar refractivity (Wildman–Crippen MR) is 90.5 cm³/mol. The number of aryl methyl sites for hydroxylation is 1. The van der Waals surface area contributed by atoms with Gasteiger partial charge in [-0.15, -0.1) is 0 Å². The standard InChI is InChI=1S/C19H20FNO3/c1-3-24-19(23)15-8-6-10-17(13(15)2)21-18(22)12-11-14-7-4-5-9-16(14)20/h4-10H,3,11-12H2,1-2H3,(H,21,22). The highest BCUT2D eigenvalue weighted by atomic mass is 19.1. The number of benzene rings is 2. The SMILES string of the molecule is CCOC(=O)c1cccc(NC(=O)CCc2ccccc2F)c1C. The van der Waals surface area contributed by atoms with Crippen molar-refractivity contribution in [1.29, 1.82) is 0 Å². The Labute approximate surface area is 140 Å². The number of nitrogens with one attached hydrogen (secondary N) is 1. The molecule has 0 aliphatic rings. The Kier molecular flexibility index (Phi) is 6.07. The molecule has 0 bridgehead atoms. The van der Waals surface area contributed by atoms with Crippen LogP contribution in [0.3, 0.4) is 0 Å². The number of esters is 1. The van der Waals surface area contributed by atoms with Gasteiger partial charge in [-0.3, -0.25) is 4.79 Å². The third kappa shape index (κ3) is 4.41. The van der Waals surface area contributed by atoms with E-state index >= 15 is 0 Å². The second kappa shape index (κ2) is 8.24. The zero-order valence-electron chi connectivity index (χ0n) is 13.8. The molecule has 0 fully saturated rings. The van der Waals surface area contributed by atoms with Crippen LogP contribution in [-0.4, -0.2) is 18.5 Å². The van der Waals surface area contributed by atoms with Crippen LogP contribution in [0.5, 0.6) is 0 Å². The van der Waals surface area contributed by atoms with Crippen LogP contribution in [0.4, 0.5) is 10.1 Å². The summed E-state index contributed by atoms with van der Waals surface area (Å²) in [4.78, 5) is 24.0. The van der Waals surface area contributed by atoms with E-state index in [9.17, 15) is 14.0 Å². The van der Waals surface area contributed by atoms with Gasteiger partial charge in [-0.25, -0.2) is 9.18 Å². The van der Waals surface area contributed by atoms with E-state index in [1.165, 1.54) is 6.07 Å². The first kappa shape index (κ1) is 17.7. The average Bonchev–Trinajstić information content (AvgIpc) is 2.56. The largest absolute Gasteiger partial charge is 0.462 e. The van der Waals surface area contributed by atoms with E-state index in [0.717, 1.165) is 0 Å². The summed E-state index contributed by atoms with van der Waals surface area (Å²) in [7, 11) is 0. The highest BCUT2D eigenvalue weighted by Gasteiger charge is 2.14. The normalized spacial score (nSPS) is 10.3. The summed E-state index contributed by atoms with van der Waals surface area (Å²) < 4.78 is 18.6. The van der Waals surface area contributed by atoms with Crippen LogP contribution < -0.4 is 5.32 Å². The van der Waals surface area contributed by atoms with Gasteiger partial charge in [-0.05, 0) is 49.6 Å². The monoisotopic (exact) mass is 329 g/mol. The summed E-state index contributed by atoms with van der Waals surface area (Å²) in [6, 6.07) is 11.5. The lowest BCUT2D eigenvalue weighted by molar-refractivity contribution is -0.116. The molecule has 2 aromatic carbocycles. The van der Waals surface area contributed by atoms with E-state index in [2.05, 4.69) is 5.32 Å². The van der Waals surface area contributed by atoms with Crippen LogP contribution in [0, 0.1) is 12.7 Å². The number of hydrogen-bond donors (Lipinski definition) is 1. The summed E-state index contributed by atoms with van der Waals surface area (Å²) >= 11 is 0. The first-order valence-electron chi connectivity index (χ1n) is 7.83. The number of halogens is 1. The van der Waals surface area contributed by atoms with Crippen molar-refractivity contribution in [1.82, 2.24) is 0 Å². The van der Waals surface area contributed by atoms with E-state index in [-0.39, 0.29) is 24.8 Å². The Balaban J connectivity index is 2.03.